The number of carbonyl (C=O) groups excluding carboxylic acids is 1. The minimum atomic E-state index is -0.239. The van der Waals surface area contributed by atoms with Crippen LogP contribution in [0.15, 0.2) is 77.9 Å². The smallest absolute Gasteiger partial charge is 0.267 e. The van der Waals surface area contributed by atoms with Gasteiger partial charge < -0.3 is 0 Å². The average molecular weight is 382 g/mol. The topological polar surface area (TPSA) is 59.3 Å². The number of nitrogens with one attached hydrogen (secondary N) is 1. The zero-order chi connectivity index (χ0) is 20.2. The van der Waals surface area contributed by atoms with E-state index in [0.717, 1.165) is 33.3 Å². The third-order valence-electron chi connectivity index (χ3n) is 4.82. The molecule has 0 saturated heterocycles. The minimum Gasteiger partial charge on any atom is -0.267 e. The molecule has 0 aliphatic heterocycles. The zero-order valence-electron chi connectivity index (χ0n) is 16.5. The van der Waals surface area contributed by atoms with E-state index in [1.54, 1.807) is 12.3 Å². The Morgan fingerprint density at radius 2 is 1.83 bits per heavy atom. The van der Waals surface area contributed by atoms with Gasteiger partial charge in [0.25, 0.3) is 5.91 Å². The Morgan fingerprint density at radius 3 is 2.66 bits per heavy atom. The molecule has 0 aliphatic rings. The number of aryl methyl sites for hydroxylation is 2. The maximum atomic E-state index is 12.5. The molecule has 0 radical (unpaired) electrons. The second-order valence-electron chi connectivity index (χ2n) is 7.05. The number of hydrogen-bond acceptors (Lipinski definition) is 3. The Morgan fingerprint density at radius 1 is 1.03 bits per heavy atom. The van der Waals surface area contributed by atoms with Gasteiger partial charge in [0.15, 0.2) is 0 Å². The van der Waals surface area contributed by atoms with E-state index in [1.165, 1.54) is 0 Å². The molecule has 1 amide bonds. The number of hydrogen-bond donors (Lipinski definition) is 1. The van der Waals surface area contributed by atoms with E-state index in [0.29, 0.717) is 12.1 Å². The van der Waals surface area contributed by atoms with Crippen LogP contribution in [0.5, 0.6) is 0 Å². The molecular weight excluding hydrogens is 360 g/mol. The van der Waals surface area contributed by atoms with E-state index in [-0.39, 0.29) is 5.91 Å². The molecule has 4 rings (SSSR count). The molecule has 0 bridgehead atoms. The molecule has 144 valence electrons. The zero-order valence-corrected chi connectivity index (χ0v) is 16.5. The third kappa shape index (κ3) is 4.24. The number of rotatable bonds is 5. The van der Waals surface area contributed by atoms with Crippen molar-refractivity contribution in [3.05, 3.63) is 101 Å². The fourth-order valence-corrected chi connectivity index (χ4v) is 3.41. The number of nitrogens with zero attached hydrogens (tertiary/aromatic N) is 3. The lowest BCUT2D eigenvalue weighted by molar-refractivity contribution is 0.0955. The van der Waals surface area contributed by atoms with Crippen molar-refractivity contribution in [2.75, 3.05) is 0 Å². The van der Waals surface area contributed by atoms with Gasteiger partial charge in [0.2, 0.25) is 0 Å². The number of benzene rings is 3. The third-order valence-corrected chi connectivity index (χ3v) is 4.82. The quantitative estimate of drug-likeness (QED) is 0.409. The van der Waals surface area contributed by atoms with Crippen LogP contribution in [0.4, 0.5) is 0 Å². The van der Waals surface area contributed by atoms with Crippen molar-refractivity contribution in [3.63, 3.8) is 0 Å². The fourth-order valence-electron chi connectivity index (χ4n) is 3.41. The van der Waals surface area contributed by atoms with Crippen LogP contribution in [0.3, 0.4) is 0 Å². The van der Waals surface area contributed by atoms with Crippen molar-refractivity contribution in [1.29, 1.82) is 0 Å². The molecule has 4 aromatic rings. The van der Waals surface area contributed by atoms with Crippen LogP contribution >= 0.6 is 0 Å². The predicted octanol–water partition coefficient (Wildman–Crippen LogP) is 4.47. The van der Waals surface area contributed by atoms with E-state index in [9.17, 15) is 4.79 Å². The van der Waals surface area contributed by atoms with Crippen LogP contribution in [0.1, 0.15) is 32.9 Å². The van der Waals surface area contributed by atoms with Gasteiger partial charge in [-0.1, -0.05) is 54.6 Å². The first-order valence-electron chi connectivity index (χ1n) is 9.51. The summed E-state index contributed by atoms with van der Waals surface area (Å²) in [5, 5.41) is 10.9. The van der Waals surface area contributed by atoms with Crippen LogP contribution in [0, 0.1) is 13.8 Å². The fraction of sp³-hybridized carbons (Fsp3) is 0.125. The Labute approximate surface area is 169 Å². The normalized spacial score (nSPS) is 11.2. The maximum Gasteiger partial charge on any atom is 0.271 e. The van der Waals surface area contributed by atoms with Crippen molar-refractivity contribution in [1.82, 2.24) is 15.2 Å². The van der Waals surface area contributed by atoms with Crippen molar-refractivity contribution >= 4 is 22.9 Å². The SMILES string of the molecule is Cc1cc(C)n(Cc2cccc(C(=O)N/N=C/c3cccc4ccccc34)c2)n1. The molecule has 0 spiro atoms. The summed E-state index contributed by atoms with van der Waals surface area (Å²) < 4.78 is 1.94. The van der Waals surface area contributed by atoms with Gasteiger partial charge in [-0.05, 0) is 48.4 Å². The van der Waals surface area contributed by atoms with Gasteiger partial charge >= 0.3 is 0 Å². The standard InChI is InChI=1S/C24H22N4O/c1-17-13-18(2)28(27-17)16-19-7-5-10-21(14-19)24(29)26-25-15-22-11-6-9-20-8-3-4-12-23(20)22/h3-15H,16H2,1-2H3,(H,26,29)/b25-15+. The van der Waals surface area contributed by atoms with Crippen LogP contribution < -0.4 is 5.43 Å². The first kappa shape index (κ1) is 18.6. The first-order valence-corrected chi connectivity index (χ1v) is 9.51. The summed E-state index contributed by atoms with van der Waals surface area (Å²) in [6.45, 7) is 4.62. The first-order chi connectivity index (χ1) is 14.1. The largest absolute Gasteiger partial charge is 0.271 e. The predicted molar refractivity (Wildman–Crippen MR) is 116 cm³/mol. The molecular formula is C24H22N4O. The van der Waals surface area contributed by atoms with E-state index < -0.39 is 0 Å². The Kier molecular flexibility index (Phi) is 5.20. The number of amides is 1. The highest BCUT2D eigenvalue weighted by atomic mass is 16.2. The molecule has 1 N–H and O–H groups in total. The molecule has 5 heteroatoms. The van der Waals surface area contributed by atoms with Crippen LogP contribution in [0.25, 0.3) is 10.8 Å². The summed E-state index contributed by atoms with van der Waals surface area (Å²) in [5.74, 6) is -0.239. The van der Waals surface area contributed by atoms with Gasteiger partial charge in [0.05, 0.1) is 18.5 Å². The van der Waals surface area contributed by atoms with Crippen molar-refractivity contribution in [2.24, 2.45) is 5.10 Å². The van der Waals surface area contributed by atoms with Gasteiger partial charge in [-0.3, -0.25) is 9.48 Å². The molecule has 29 heavy (non-hydrogen) atoms. The van der Waals surface area contributed by atoms with E-state index >= 15 is 0 Å². The molecule has 0 atom stereocenters. The lowest BCUT2D eigenvalue weighted by Gasteiger charge is -2.07. The molecule has 1 heterocycles. The molecule has 1 aromatic heterocycles. The lowest BCUT2D eigenvalue weighted by Crippen LogP contribution is -2.18. The maximum absolute atomic E-state index is 12.5. The van der Waals surface area contributed by atoms with E-state index in [4.69, 9.17) is 0 Å². The molecule has 5 nitrogen and oxygen atoms in total. The molecule has 3 aromatic carbocycles. The summed E-state index contributed by atoms with van der Waals surface area (Å²) in [7, 11) is 0. The van der Waals surface area contributed by atoms with Gasteiger partial charge in [-0.15, -0.1) is 0 Å². The van der Waals surface area contributed by atoms with Gasteiger partial charge in [-0.2, -0.15) is 10.2 Å². The highest BCUT2D eigenvalue weighted by Gasteiger charge is 2.07. The highest BCUT2D eigenvalue weighted by molar-refractivity contribution is 6.00. The summed E-state index contributed by atoms with van der Waals surface area (Å²) in [5.41, 5.74) is 7.25. The van der Waals surface area contributed by atoms with Gasteiger partial charge in [0.1, 0.15) is 0 Å². The number of carbonyl (C=O) groups is 1. The molecule has 0 saturated carbocycles. The van der Waals surface area contributed by atoms with Crippen LogP contribution in [-0.2, 0) is 6.54 Å². The van der Waals surface area contributed by atoms with Crippen LogP contribution in [0.2, 0.25) is 0 Å². The molecule has 0 unspecified atom stereocenters. The summed E-state index contributed by atoms with van der Waals surface area (Å²) >= 11 is 0. The Bertz CT molecular complexity index is 1200. The van der Waals surface area contributed by atoms with Gasteiger partial charge in [0, 0.05) is 16.8 Å². The Hall–Kier alpha value is -3.73. The van der Waals surface area contributed by atoms with E-state index in [1.807, 2.05) is 73.1 Å². The number of aromatic nitrogens is 2. The number of hydrazone groups is 1. The van der Waals surface area contributed by atoms with Crippen molar-refractivity contribution in [3.8, 4) is 0 Å². The van der Waals surface area contributed by atoms with Crippen LogP contribution in [-0.4, -0.2) is 21.9 Å². The summed E-state index contributed by atoms with van der Waals surface area (Å²) in [6.07, 6.45) is 1.68. The Balaban J connectivity index is 1.47. The summed E-state index contributed by atoms with van der Waals surface area (Å²) in [6, 6.07) is 23.7. The summed E-state index contributed by atoms with van der Waals surface area (Å²) in [4.78, 5) is 12.5. The second-order valence-corrected chi connectivity index (χ2v) is 7.05. The highest BCUT2D eigenvalue weighted by Crippen LogP contribution is 2.16. The van der Waals surface area contributed by atoms with E-state index in [2.05, 4.69) is 27.8 Å². The molecule has 0 fully saturated rings. The number of fused-ring (bicyclic) bond motifs is 1. The molecule has 0 aliphatic carbocycles. The van der Waals surface area contributed by atoms with Gasteiger partial charge in [-0.25, -0.2) is 5.43 Å². The monoisotopic (exact) mass is 382 g/mol. The second kappa shape index (κ2) is 8.10. The average Bonchev–Trinajstić information content (AvgIpc) is 3.05. The van der Waals surface area contributed by atoms with Crippen molar-refractivity contribution in [2.45, 2.75) is 20.4 Å². The minimum absolute atomic E-state index is 0.239. The lowest BCUT2D eigenvalue weighted by atomic mass is 10.1. The van der Waals surface area contributed by atoms with Crippen molar-refractivity contribution < 1.29 is 4.79 Å².